The molecule has 0 aromatic heterocycles. The molecule has 3 nitrogen and oxygen atoms in total. The minimum atomic E-state index is 0.139. The lowest BCUT2D eigenvalue weighted by molar-refractivity contribution is -0.127. The molecule has 1 amide bonds. The summed E-state index contributed by atoms with van der Waals surface area (Å²) in [6.07, 6.45) is 0. The molecule has 1 aliphatic rings. The van der Waals surface area contributed by atoms with Crippen molar-refractivity contribution in [3.05, 3.63) is 0 Å². The molecule has 1 heterocycles. The van der Waals surface area contributed by atoms with Gasteiger partial charge in [-0.05, 0) is 5.92 Å². The fourth-order valence-electron chi connectivity index (χ4n) is 1.25. The van der Waals surface area contributed by atoms with Crippen LogP contribution < -0.4 is 5.73 Å². The highest BCUT2D eigenvalue weighted by atomic mass is 16.2. The Morgan fingerprint density at radius 3 is 2.40 bits per heavy atom. The first kappa shape index (κ1) is 7.54. The predicted molar refractivity (Wildman–Crippen MR) is 39.4 cm³/mol. The molecule has 1 rings (SSSR count). The first-order chi connectivity index (χ1) is 4.61. The number of hydrogen-bond donors (Lipinski definition) is 1. The van der Waals surface area contributed by atoms with E-state index in [0.29, 0.717) is 5.92 Å². The molecule has 1 fully saturated rings. The van der Waals surface area contributed by atoms with Gasteiger partial charge in [-0.2, -0.15) is 0 Å². The van der Waals surface area contributed by atoms with Gasteiger partial charge in [0.25, 0.3) is 0 Å². The highest BCUT2D eigenvalue weighted by Crippen LogP contribution is 2.13. The van der Waals surface area contributed by atoms with Crippen molar-refractivity contribution >= 4 is 5.91 Å². The van der Waals surface area contributed by atoms with Gasteiger partial charge in [0.05, 0.1) is 0 Å². The average Bonchev–Trinajstić information content (AvgIpc) is 2.13. The van der Waals surface area contributed by atoms with Gasteiger partial charge >= 0.3 is 0 Å². The number of hydrogen-bond acceptors (Lipinski definition) is 2. The van der Waals surface area contributed by atoms with Crippen molar-refractivity contribution in [1.29, 1.82) is 0 Å². The Labute approximate surface area is 61.2 Å². The summed E-state index contributed by atoms with van der Waals surface area (Å²) < 4.78 is 0. The van der Waals surface area contributed by atoms with Crippen molar-refractivity contribution in [2.24, 2.45) is 11.7 Å². The van der Waals surface area contributed by atoms with E-state index in [9.17, 15) is 4.79 Å². The summed E-state index contributed by atoms with van der Waals surface area (Å²) in [4.78, 5) is 12.6. The van der Waals surface area contributed by atoms with Gasteiger partial charge in [-0.1, -0.05) is 6.92 Å². The van der Waals surface area contributed by atoms with Crippen LogP contribution in [0.25, 0.3) is 0 Å². The number of amides is 1. The van der Waals surface area contributed by atoms with Gasteiger partial charge in [-0.3, -0.25) is 4.79 Å². The highest BCUT2D eigenvalue weighted by Gasteiger charge is 2.27. The third-order valence-corrected chi connectivity index (χ3v) is 2.12. The normalized spacial score (nSPS) is 32.9. The molecule has 2 N–H and O–H groups in total. The Morgan fingerprint density at radius 1 is 1.60 bits per heavy atom. The van der Waals surface area contributed by atoms with E-state index >= 15 is 0 Å². The molecule has 0 spiro atoms. The minimum Gasteiger partial charge on any atom is -0.341 e. The Kier molecular flexibility index (Phi) is 1.94. The number of rotatable bonds is 0. The Morgan fingerprint density at radius 2 is 2.20 bits per heavy atom. The fraction of sp³-hybridized carbons (Fsp3) is 0.857. The van der Waals surface area contributed by atoms with Crippen LogP contribution >= 0.6 is 0 Å². The molecule has 2 atom stereocenters. The molecule has 0 unspecified atom stereocenters. The van der Waals surface area contributed by atoms with Crippen molar-refractivity contribution in [1.82, 2.24) is 4.90 Å². The second-order valence-electron chi connectivity index (χ2n) is 3.07. The quantitative estimate of drug-likeness (QED) is 0.509. The molecule has 58 valence electrons. The Hall–Kier alpha value is -0.570. The van der Waals surface area contributed by atoms with Crippen molar-refractivity contribution in [3.63, 3.8) is 0 Å². The lowest BCUT2D eigenvalue weighted by atomic mass is 10.1. The summed E-state index contributed by atoms with van der Waals surface area (Å²) in [7, 11) is 0. The zero-order valence-electron chi connectivity index (χ0n) is 6.50. The zero-order valence-corrected chi connectivity index (χ0v) is 6.50. The van der Waals surface area contributed by atoms with E-state index < -0.39 is 0 Å². The van der Waals surface area contributed by atoms with E-state index in [1.165, 1.54) is 0 Å². The second-order valence-corrected chi connectivity index (χ2v) is 3.07. The van der Waals surface area contributed by atoms with Gasteiger partial charge in [0.1, 0.15) is 0 Å². The molecule has 1 saturated heterocycles. The highest BCUT2D eigenvalue weighted by molar-refractivity contribution is 5.73. The number of carbonyl (C=O) groups is 1. The summed E-state index contributed by atoms with van der Waals surface area (Å²) in [6, 6.07) is 0.184. The third kappa shape index (κ3) is 1.29. The van der Waals surface area contributed by atoms with Crippen LogP contribution in [0, 0.1) is 5.92 Å². The summed E-state index contributed by atoms with van der Waals surface area (Å²) in [5, 5.41) is 0. The predicted octanol–water partition coefficient (Wildman–Crippen LogP) is -0.188. The number of likely N-dealkylation sites (tertiary alicyclic amines) is 1. The minimum absolute atomic E-state index is 0.139. The van der Waals surface area contributed by atoms with E-state index in [0.717, 1.165) is 13.1 Å². The van der Waals surface area contributed by atoms with E-state index in [1.54, 1.807) is 11.8 Å². The maximum atomic E-state index is 10.8. The smallest absolute Gasteiger partial charge is 0.219 e. The van der Waals surface area contributed by atoms with Crippen LogP contribution in [0.15, 0.2) is 0 Å². The van der Waals surface area contributed by atoms with Crippen molar-refractivity contribution < 1.29 is 4.79 Å². The summed E-state index contributed by atoms with van der Waals surface area (Å²) in [6.45, 7) is 5.23. The van der Waals surface area contributed by atoms with Crippen LogP contribution in [0.3, 0.4) is 0 Å². The molecule has 0 aliphatic carbocycles. The fourth-order valence-corrected chi connectivity index (χ4v) is 1.25. The van der Waals surface area contributed by atoms with E-state index in [-0.39, 0.29) is 11.9 Å². The zero-order chi connectivity index (χ0) is 7.72. The number of carbonyl (C=O) groups excluding carboxylic acids is 1. The van der Waals surface area contributed by atoms with Gasteiger partial charge < -0.3 is 10.6 Å². The molecule has 3 heteroatoms. The monoisotopic (exact) mass is 142 g/mol. The molecule has 0 aromatic rings. The van der Waals surface area contributed by atoms with Crippen LogP contribution in [0.4, 0.5) is 0 Å². The summed E-state index contributed by atoms with van der Waals surface area (Å²) >= 11 is 0. The first-order valence-corrected chi connectivity index (χ1v) is 3.62. The summed E-state index contributed by atoms with van der Waals surface area (Å²) in [5.41, 5.74) is 5.71. The lowest BCUT2D eigenvalue weighted by Gasteiger charge is -2.11. The van der Waals surface area contributed by atoms with Crippen LogP contribution in [-0.4, -0.2) is 29.9 Å². The van der Waals surface area contributed by atoms with Crippen molar-refractivity contribution in [2.75, 3.05) is 13.1 Å². The molecule has 0 radical (unpaired) electrons. The maximum absolute atomic E-state index is 10.8. The standard InChI is InChI=1S/C7H14N2O/c1-5-3-9(6(2)10)4-7(5)8/h5,7H,3-4,8H2,1-2H3/t5-,7+/m0/s1. The molecular formula is C7H14N2O. The first-order valence-electron chi connectivity index (χ1n) is 3.62. The summed E-state index contributed by atoms with van der Waals surface area (Å²) in [5.74, 6) is 0.601. The molecular weight excluding hydrogens is 128 g/mol. The van der Waals surface area contributed by atoms with Crippen LogP contribution in [0.1, 0.15) is 13.8 Å². The van der Waals surface area contributed by atoms with Crippen molar-refractivity contribution in [2.45, 2.75) is 19.9 Å². The topological polar surface area (TPSA) is 46.3 Å². The Bertz CT molecular complexity index is 137. The number of nitrogens with zero attached hydrogens (tertiary/aromatic N) is 1. The largest absolute Gasteiger partial charge is 0.341 e. The second kappa shape index (κ2) is 2.58. The molecule has 10 heavy (non-hydrogen) atoms. The third-order valence-electron chi connectivity index (χ3n) is 2.12. The molecule has 0 bridgehead atoms. The maximum Gasteiger partial charge on any atom is 0.219 e. The average molecular weight is 142 g/mol. The van der Waals surface area contributed by atoms with Crippen LogP contribution in [0.5, 0.6) is 0 Å². The van der Waals surface area contributed by atoms with Crippen LogP contribution in [0.2, 0.25) is 0 Å². The van der Waals surface area contributed by atoms with Gasteiger partial charge in [-0.15, -0.1) is 0 Å². The molecule has 0 saturated carbocycles. The van der Waals surface area contributed by atoms with Gasteiger partial charge in [-0.25, -0.2) is 0 Å². The molecule has 0 aromatic carbocycles. The molecule has 1 aliphatic heterocycles. The van der Waals surface area contributed by atoms with Gasteiger partial charge in [0.15, 0.2) is 0 Å². The van der Waals surface area contributed by atoms with E-state index in [1.807, 2.05) is 0 Å². The van der Waals surface area contributed by atoms with Gasteiger partial charge in [0.2, 0.25) is 5.91 Å². The lowest BCUT2D eigenvalue weighted by Crippen LogP contribution is -2.30. The number of nitrogens with two attached hydrogens (primary N) is 1. The van der Waals surface area contributed by atoms with Crippen molar-refractivity contribution in [3.8, 4) is 0 Å². The van der Waals surface area contributed by atoms with Crippen LogP contribution in [-0.2, 0) is 4.79 Å². The van der Waals surface area contributed by atoms with E-state index in [4.69, 9.17) is 5.73 Å². The SMILES string of the molecule is CC(=O)N1C[C@@H](N)[C@@H](C)C1. The Balaban J connectivity index is 2.49. The van der Waals surface area contributed by atoms with E-state index in [2.05, 4.69) is 6.92 Å². The van der Waals surface area contributed by atoms with Gasteiger partial charge in [0, 0.05) is 26.1 Å².